The van der Waals surface area contributed by atoms with Crippen molar-refractivity contribution < 1.29 is 23.6 Å². The fourth-order valence-electron chi connectivity index (χ4n) is 3.78. The zero-order chi connectivity index (χ0) is 23.9. The topological polar surface area (TPSA) is 76.0 Å². The third-order valence-electron chi connectivity index (χ3n) is 5.80. The second kappa shape index (κ2) is 23.2. The van der Waals surface area contributed by atoms with Gasteiger partial charge >= 0.3 is 7.82 Å². The van der Waals surface area contributed by atoms with Crippen molar-refractivity contribution in [3.8, 4) is 0 Å². The monoisotopic (exact) mass is 496 g/mol. The SMILES string of the molecule is CCCCCCCCCCCCS[C@@H](CCCCCCC)CCO[C@@H](C)COP(=O)(O)O. The largest absolute Gasteiger partial charge is 0.469 e. The third-order valence-corrected chi connectivity index (χ3v) is 7.75. The molecule has 0 radical (unpaired) electrons. The lowest BCUT2D eigenvalue weighted by molar-refractivity contribution is 0.0220. The summed E-state index contributed by atoms with van der Waals surface area (Å²) in [5.74, 6) is 1.23. The van der Waals surface area contributed by atoms with Gasteiger partial charge in [-0.2, -0.15) is 11.8 Å². The van der Waals surface area contributed by atoms with Crippen LogP contribution in [0.25, 0.3) is 0 Å². The number of unbranched alkanes of at least 4 members (excludes halogenated alkanes) is 13. The molecule has 0 heterocycles. The van der Waals surface area contributed by atoms with Gasteiger partial charge in [0.1, 0.15) is 0 Å². The van der Waals surface area contributed by atoms with Gasteiger partial charge in [-0.1, -0.05) is 104 Å². The first-order valence-electron chi connectivity index (χ1n) is 13.3. The molecule has 0 fully saturated rings. The Bertz CT molecular complexity index is 433. The molecule has 0 unspecified atom stereocenters. The molecule has 0 aliphatic heterocycles. The van der Waals surface area contributed by atoms with Crippen LogP contribution in [0, 0.1) is 0 Å². The van der Waals surface area contributed by atoms with Gasteiger partial charge < -0.3 is 14.5 Å². The lowest BCUT2D eigenvalue weighted by Gasteiger charge is -2.19. The van der Waals surface area contributed by atoms with Crippen LogP contribution in [0.5, 0.6) is 0 Å². The van der Waals surface area contributed by atoms with Crippen molar-refractivity contribution in [3.05, 3.63) is 0 Å². The van der Waals surface area contributed by atoms with E-state index in [0.29, 0.717) is 11.9 Å². The predicted molar refractivity (Wildman–Crippen MR) is 139 cm³/mol. The fourth-order valence-corrected chi connectivity index (χ4v) is 5.48. The van der Waals surface area contributed by atoms with Gasteiger partial charge in [-0.15, -0.1) is 0 Å². The summed E-state index contributed by atoms with van der Waals surface area (Å²) in [4.78, 5) is 17.6. The minimum absolute atomic E-state index is 0.0717. The van der Waals surface area contributed by atoms with Crippen LogP contribution < -0.4 is 0 Å². The second-order valence-corrected chi connectivity index (χ2v) is 11.8. The van der Waals surface area contributed by atoms with E-state index in [-0.39, 0.29) is 12.7 Å². The average Bonchev–Trinajstić information content (AvgIpc) is 2.75. The third kappa shape index (κ3) is 25.1. The number of hydrogen-bond acceptors (Lipinski definition) is 4. The van der Waals surface area contributed by atoms with Crippen LogP contribution in [-0.2, 0) is 13.8 Å². The van der Waals surface area contributed by atoms with Crippen molar-refractivity contribution >= 4 is 19.6 Å². The Morgan fingerprint density at radius 1 is 0.750 bits per heavy atom. The van der Waals surface area contributed by atoms with E-state index in [1.165, 1.54) is 108 Å². The molecule has 0 amide bonds. The second-order valence-electron chi connectivity index (χ2n) is 9.13. The first-order chi connectivity index (χ1) is 15.4. The molecule has 0 aliphatic rings. The number of hydrogen-bond donors (Lipinski definition) is 2. The molecule has 7 heteroatoms. The van der Waals surface area contributed by atoms with Crippen molar-refractivity contribution in [3.63, 3.8) is 0 Å². The average molecular weight is 497 g/mol. The highest BCUT2D eigenvalue weighted by atomic mass is 32.2. The van der Waals surface area contributed by atoms with Crippen LogP contribution >= 0.6 is 19.6 Å². The van der Waals surface area contributed by atoms with E-state index < -0.39 is 7.82 Å². The summed E-state index contributed by atoms with van der Waals surface area (Å²) in [6.45, 7) is 6.87. The minimum Gasteiger partial charge on any atom is -0.376 e. The van der Waals surface area contributed by atoms with Gasteiger partial charge in [-0.25, -0.2) is 4.57 Å². The van der Waals surface area contributed by atoms with Gasteiger partial charge in [0.05, 0.1) is 12.7 Å². The summed E-state index contributed by atoms with van der Waals surface area (Å²) in [5, 5.41) is 0.616. The molecule has 0 aromatic rings. The lowest BCUT2D eigenvalue weighted by atomic mass is 10.1. The van der Waals surface area contributed by atoms with E-state index in [1.54, 1.807) is 6.92 Å². The van der Waals surface area contributed by atoms with Crippen LogP contribution in [0.2, 0.25) is 0 Å². The summed E-state index contributed by atoms with van der Waals surface area (Å²) in [6, 6.07) is 0. The van der Waals surface area contributed by atoms with Crippen LogP contribution in [0.3, 0.4) is 0 Å². The van der Waals surface area contributed by atoms with Gasteiger partial charge in [-0.3, -0.25) is 4.52 Å². The highest BCUT2D eigenvalue weighted by molar-refractivity contribution is 7.99. The first-order valence-corrected chi connectivity index (χ1v) is 15.9. The molecule has 0 saturated heterocycles. The van der Waals surface area contributed by atoms with Gasteiger partial charge in [0.25, 0.3) is 0 Å². The van der Waals surface area contributed by atoms with E-state index in [9.17, 15) is 4.57 Å². The van der Waals surface area contributed by atoms with Crippen molar-refractivity contribution in [2.45, 2.75) is 141 Å². The van der Waals surface area contributed by atoms with Gasteiger partial charge in [-0.05, 0) is 31.9 Å². The Balaban J connectivity index is 3.94. The minimum atomic E-state index is -4.41. The Labute approximate surface area is 203 Å². The molecule has 32 heavy (non-hydrogen) atoms. The van der Waals surface area contributed by atoms with Gasteiger partial charge in [0.15, 0.2) is 0 Å². The number of rotatable bonds is 25. The van der Waals surface area contributed by atoms with E-state index in [1.807, 2.05) is 0 Å². The Kier molecular flexibility index (Phi) is 23.5. The zero-order valence-corrected chi connectivity index (χ0v) is 23.0. The number of phosphoric acid groups is 1. The molecule has 0 aromatic carbocycles. The Morgan fingerprint density at radius 3 is 1.78 bits per heavy atom. The highest BCUT2D eigenvalue weighted by Crippen LogP contribution is 2.35. The zero-order valence-electron chi connectivity index (χ0n) is 21.3. The van der Waals surface area contributed by atoms with Crippen LogP contribution in [-0.4, -0.2) is 40.1 Å². The van der Waals surface area contributed by atoms with E-state index in [2.05, 4.69) is 30.1 Å². The van der Waals surface area contributed by atoms with Crippen molar-refractivity contribution in [2.24, 2.45) is 0 Å². The molecule has 0 saturated carbocycles. The molecule has 5 nitrogen and oxygen atoms in total. The maximum Gasteiger partial charge on any atom is 0.469 e. The smallest absolute Gasteiger partial charge is 0.376 e. The molecule has 0 spiro atoms. The quantitative estimate of drug-likeness (QED) is 0.0978. The normalized spacial score (nSPS) is 14.0. The van der Waals surface area contributed by atoms with Crippen molar-refractivity contribution in [1.82, 2.24) is 0 Å². The molecule has 2 N–H and O–H groups in total. The summed E-state index contributed by atoms with van der Waals surface area (Å²) < 4.78 is 21.1. The first kappa shape index (κ1) is 32.4. The molecular weight excluding hydrogens is 443 g/mol. The molecule has 0 bridgehead atoms. The van der Waals surface area contributed by atoms with Crippen molar-refractivity contribution in [2.75, 3.05) is 19.0 Å². The number of ether oxygens (including phenoxy) is 1. The van der Waals surface area contributed by atoms with Crippen LogP contribution in [0.4, 0.5) is 0 Å². The van der Waals surface area contributed by atoms with Crippen LogP contribution in [0.15, 0.2) is 0 Å². The van der Waals surface area contributed by atoms with E-state index in [4.69, 9.17) is 14.5 Å². The predicted octanol–water partition coefficient (Wildman–Crippen LogP) is 8.27. The summed E-state index contributed by atoms with van der Waals surface area (Å²) in [6.07, 6.45) is 22.2. The molecule has 0 rings (SSSR count). The molecule has 2 atom stereocenters. The van der Waals surface area contributed by atoms with Crippen molar-refractivity contribution in [1.29, 1.82) is 0 Å². The Morgan fingerprint density at radius 2 is 1.25 bits per heavy atom. The van der Waals surface area contributed by atoms with Crippen LogP contribution in [0.1, 0.15) is 130 Å². The van der Waals surface area contributed by atoms with E-state index in [0.717, 1.165) is 6.42 Å². The summed E-state index contributed by atoms with van der Waals surface area (Å²) in [5.41, 5.74) is 0. The van der Waals surface area contributed by atoms with E-state index >= 15 is 0 Å². The van der Waals surface area contributed by atoms with Gasteiger partial charge in [0, 0.05) is 11.9 Å². The number of phosphoric ester groups is 1. The lowest BCUT2D eigenvalue weighted by Crippen LogP contribution is -2.18. The molecule has 194 valence electrons. The maximum absolute atomic E-state index is 10.8. The standard InChI is InChI=1S/C25H53O5PS/c1-4-6-8-10-11-12-13-14-16-18-22-32-25(19-17-15-9-7-5-2)20-21-29-24(3)23-30-31(26,27)28/h24-25H,4-23H2,1-3H3,(H2,26,27,28)/t24-,25-/m0/s1. The number of thioether (sulfide) groups is 1. The maximum atomic E-state index is 10.8. The molecule has 0 aromatic heterocycles. The molecular formula is C25H53O5PS. The van der Waals surface area contributed by atoms with Gasteiger partial charge in [0.2, 0.25) is 0 Å². The molecule has 0 aliphatic carbocycles. The summed E-state index contributed by atoms with van der Waals surface area (Å²) >= 11 is 2.10. The highest BCUT2D eigenvalue weighted by Gasteiger charge is 2.16. The Hall–Kier alpha value is 0.420. The fraction of sp³-hybridized carbons (Fsp3) is 1.00. The summed E-state index contributed by atoms with van der Waals surface area (Å²) in [7, 11) is -4.41.